The van der Waals surface area contributed by atoms with Gasteiger partial charge in [0.05, 0.1) is 6.10 Å². The summed E-state index contributed by atoms with van der Waals surface area (Å²) in [4.78, 5) is 0. The standard InChI is InChI=1S/C16H25N2OP/c1-13(14-9-5-4-6-10-14)19-20-17(2)15-11-7-8-12-16(15)18(20)3/h4-6,9-10,13,15-16H,7-8,11-12H2,1-3H3/t13-,15-,16-/m1/s1. The van der Waals surface area contributed by atoms with Crippen molar-refractivity contribution >= 4 is 8.45 Å². The summed E-state index contributed by atoms with van der Waals surface area (Å²) in [5, 5.41) is 0. The van der Waals surface area contributed by atoms with Crippen LogP contribution in [0.1, 0.15) is 44.3 Å². The average molecular weight is 292 g/mol. The second-order valence-corrected chi connectivity index (χ2v) is 7.96. The van der Waals surface area contributed by atoms with Gasteiger partial charge in [0.1, 0.15) is 0 Å². The maximum absolute atomic E-state index is 6.43. The van der Waals surface area contributed by atoms with E-state index in [9.17, 15) is 0 Å². The molecule has 0 amide bonds. The lowest BCUT2D eigenvalue weighted by molar-refractivity contribution is 0.223. The van der Waals surface area contributed by atoms with Crippen molar-refractivity contribution < 1.29 is 4.52 Å². The number of likely N-dealkylation sites (N-methyl/N-ethyl adjacent to an activating group) is 2. The third kappa shape index (κ3) is 2.65. The first-order valence-corrected chi connectivity index (χ1v) is 8.82. The topological polar surface area (TPSA) is 15.7 Å². The number of fused-ring (bicyclic) bond motifs is 1. The van der Waals surface area contributed by atoms with Crippen LogP contribution in [0.4, 0.5) is 0 Å². The highest BCUT2D eigenvalue weighted by Crippen LogP contribution is 2.57. The predicted molar refractivity (Wildman–Crippen MR) is 84.4 cm³/mol. The lowest BCUT2D eigenvalue weighted by Crippen LogP contribution is -2.37. The first-order chi connectivity index (χ1) is 9.68. The number of benzene rings is 1. The molecule has 0 N–H and O–H groups in total. The molecule has 3 atom stereocenters. The Balaban J connectivity index is 1.70. The smallest absolute Gasteiger partial charge is 0.188 e. The van der Waals surface area contributed by atoms with Crippen LogP contribution in [0, 0.1) is 0 Å². The molecule has 1 aliphatic heterocycles. The fraction of sp³-hybridized carbons (Fsp3) is 0.625. The second-order valence-electron chi connectivity index (χ2n) is 5.98. The van der Waals surface area contributed by atoms with Crippen LogP contribution in [0.25, 0.3) is 0 Å². The minimum atomic E-state index is -0.614. The molecule has 2 aliphatic rings. The van der Waals surface area contributed by atoms with Crippen molar-refractivity contribution in [3.63, 3.8) is 0 Å². The zero-order valence-corrected chi connectivity index (χ0v) is 13.6. The van der Waals surface area contributed by atoms with Crippen LogP contribution in [0.2, 0.25) is 0 Å². The lowest BCUT2D eigenvalue weighted by atomic mass is 9.91. The molecule has 0 bridgehead atoms. The van der Waals surface area contributed by atoms with Crippen LogP contribution >= 0.6 is 8.45 Å². The zero-order valence-electron chi connectivity index (χ0n) is 12.7. The van der Waals surface area contributed by atoms with Gasteiger partial charge < -0.3 is 4.52 Å². The molecular weight excluding hydrogens is 267 g/mol. The fourth-order valence-electron chi connectivity index (χ4n) is 3.51. The number of rotatable bonds is 3. The van der Waals surface area contributed by atoms with Crippen molar-refractivity contribution in [1.82, 2.24) is 9.34 Å². The van der Waals surface area contributed by atoms with E-state index in [2.05, 4.69) is 60.7 Å². The number of nitrogens with zero attached hydrogens (tertiary/aromatic N) is 2. The summed E-state index contributed by atoms with van der Waals surface area (Å²) in [6, 6.07) is 11.9. The Kier molecular flexibility index (Phi) is 4.42. The van der Waals surface area contributed by atoms with Gasteiger partial charge in [0, 0.05) is 12.1 Å². The quantitative estimate of drug-likeness (QED) is 0.777. The molecule has 0 spiro atoms. The minimum Gasteiger partial charge on any atom is -0.323 e. The SMILES string of the molecule is C[C@@H](OP1N(C)[C@@H]2CCCC[C@H]2N1C)c1ccccc1. The number of hydrogen-bond donors (Lipinski definition) is 0. The third-order valence-electron chi connectivity index (χ3n) is 4.71. The largest absolute Gasteiger partial charge is 0.323 e. The van der Waals surface area contributed by atoms with Crippen LogP contribution in [0.5, 0.6) is 0 Å². The summed E-state index contributed by atoms with van der Waals surface area (Å²) in [5.41, 5.74) is 1.27. The Bertz CT molecular complexity index is 423. The molecule has 3 nitrogen and oxygen atoms in total. The van der Waals surface area contributed by atoms with Crippen LogP contribution < -0.4 is 0 Å². The summed E-state index contributed by atoms with van der Waals surface area (Å²) in [7, 11) is 3.88. The normalized spacial score (nSPS) is 30.4. The van der Waals surface area contributed by atoms with Gasteiger partial charge in [-0.2, -0.15) is 0 Å². The maximum Gasteiger partial charge on any atom is 0.188 e. The molecule has 1 saturated heterocycles. The molecular formula is C16H25N2OP. The molecule has 1 heterocycles. The van der Waals surface area contributed by atoms with E-state index >= 15 is 0 Å². The van der Waals surface area contributed by atoms with Crippen LogP contribution in [0.3, 0.4) is 0 Å². The van der Waals surface area contributed by atoms with E-state index in [0.29, 0.717) is 12.1 Å². The van der Waals surface area contributed by atoms with E-state index in [4.69, 9.17) is 4.52 Å². The molecule has 2 fully saturated rings. The van der Waals surface area contributed by atoms with Crippen molar-refractivity contribution in [2.24, 2.45) is 0 Å². The summed E-state index contributed by atoms with van der Waals surface area (Å²) in [5.74, 6) is 0. The Morgan fingerprint density at radius 3 is 2.15 bits per heavy atom. The van der Waals surface area contributed by atoms with Crippen molar-refractivity contribution in [2.75, 3.05) is 14.1 Å². The highest BCUT2D eigenvalue weighted by atomic mass is 31.2. The summed E-state index contributed by atoms with van der Waals surface area (Å²) >= 11 is 0. The van der Waals surface area contributed by atoms with Gasteiger partial charge in [-0.3, -0.25) is 0 Å². The van der Waals surface area contributed by atoms with E-state index in [-0.39, 0.29) is 6.10 Å². The molecule has 1 aromatic rings. The van der Waals surface area contributed by atoms with Crippen LogP contribution in [0.15, 0.2) is 30.3 Å². The van der Waals surface area contributed by atoms with Crippen molar-refractivity contribution in [3.8, 4) is 0 Å². The molecule has 0 aromatic heterocycles. The highest BCUT2D eigenvalue weighted by Gasteiger charge is 2.46. The molecule has 110 valence electrons. The Morgan fingerprint density at radius 2 is 1.60 bits per heavy atom. The lowest BCUT2D eigenvalue weighted by Gasteiger charge is -2.28. The van der Waals surface area contributed by atoms with Crippen LogP contribution in [-0.4, -0.2) is 35.5 Å². The molecule has 0 radical (unpaired) electrons. The van der Waals surface area contributed by atoms with Gasteiger partial charge in [0.25, 0.3) is 0 Å². The second kappa shape index (κ2) is 6.11. The molecule has 4 heteroatoms. The molecule has 20 heavy (non-hydrogen) atoms. The maximum atomic E-state index is 6.43. The average Bonchev–Trinajstić information content (AvgIpc) is 2.74. The summed E-state index contributed by atoms with van der Waals surface area (Å²) < 4.78 is 11.4. The molecule has 1 saturated carbocycles. The van der Waals surface area contributed by atoms with Gasteiger partial charge in [-0.15, -0.1) is 0 Å². The molecule has 3 rings (SSSR count). The van der Waals surface area contributed by atoms with E-state index < -0.39 is 8.45 Å². The van der Waals surface area contributed by atoms with Crippen molar-refractivity contribution in [3.05, 3.63) is 35.9 Å². The van der Waals surface area contributed by atoms with Crippen molar-refractivity contribution in [1.29, 1.82) is 0 Å². The van der Waals surface area contributed by atoms with Gasteiger partial charge in [-0.05, 0) is 39.4 Å². The predicted octanol–water partition coefficient (Wildman–Crippen LogP) is 4.18. The van der Waals surface area contributed by atoms with Gasteiger partial charge in [0.15, 0.2) is 8.45 Å². The zero-order chi connectivity index (χ0) is 14.1. The van der Waals surface area contributed by atoms with Gasteiger partial charge in [0.2, 0.25) is 0 Å². The first kappa shape index (κ1) is 14.5. The Morgan fingerprint density at radius 1 is 1.05 bits per heavy atom. The van der Waals surface area contributed by atoms with E-state index in [0.717, 1.165) is 0 Å². The summed E-state index contributed by atoms with van der Waals surface area (Å²) in [6.45, 7) is 2.17. The number of hydrogen-bond acceptors (Lipinski definition) is 3. The Labute approximate surface area is 123 Å². The monoisotopic (exact) mass is 292 g/mol. The van der Waals surface area contributed by atoms with Crippen LogP contribution in [-0.2, 0) is 4.52 Å². The van der Waals surface area contributed by atoms with Gasteiger partial charge >= 0.3 is 0 Å². The third-order valence-corrected chi connectivity index (χ3v) is 6.89. The highest BCUT2D eigenvalue weighted by molar-refractivity contribution is 7.47. The van der Waals surface area contributed by atoms with Gasteiger partial charge in [-0.25, -0.2) is 9.34 Å². The summed E-state index contributed by atoms with van der Waals surface area (Å²) in [6.07, 6.45) is 5.56. The van der Waals surface area contributed by atoms with E-state index in [1.165, 1.54) is 31.2 Å². The van der Waals surface area contributed by atoms with Crippen molar-refractivity contribution in [2.45, 2.75) is 50.8 Å². The fourth-order valence-corrected chi connectivity index (χ4v) is 5.71. The molecule has 1 aliphatic carbocycles. The molecule has 0 unspecified atom stereocenters. The van der Waals surface area contributed by atoms with Gasteiger partial charge in [-0.1, -0.05) is 43.2 Å². The van der Waals surface area contributed by atoms with E-state index in [1.807, 2.05) is 0 Å². The van der Waals surface area contributed by atoms with E-state index in [1.54, 1.807) is 0 Å². The Hall–Kier alpha value is -0.470. The molecule has 1 aromatic carbocycles. The first-order valence-electron chi connectivity index (χ1n) is 7.66. The minimum absolute atomic E-state index is 0.160.